The van der Waals surface area contributed by atoms with Crippen LogP contribution in [-0.2, 0) is 14.8 Å². The topological polar surface area (TPSA) is 101 Å². The lowest BCUT2D eigenvalue weighted by atomic mass is 9.96. The molecule has 1 heterocycles. The Hall–Kier alpha value is -1.49. The molecule has 2 rings (SSSR count). The van der Waals surface area contributed by atoms with E-state index in [1.165, 1.54) is 0 Å². The van der Waals surface area contributed by atoms with E-state index in [1.54, 1.807) is 32.5 Å². The summed E-state index contributed by atoms with van der Waals surface area (Å²) in [5, 5.41) is 10.1. The van der Waals surface area contributed by atoms with Crippen LogP contribution in [0, 0.1) is 5.41 Å². The van der Waals surface area contributed by atoms with E-state index in [9.17, 15) is 13.2 Å². The number of hydrogen-bond donors (Lipinski definition) is 2. The predicted octanol–water partition coefficient (Wildman–Crippen LogP) is 2.59. The van der Waals surface area contributed by atoms with Crippen LogP contribution in [0.4, 0.5) is 5.13 Å². The summed E-state index contributed by atoms with van der Waals surface area (Å²) < 4.78 is 26.8. The number of aromatic nitrogens is 2. The summed E-state index contributed by atoms with van der Waals surface area (Å²) in [7, 11) is -3.73. The first kappa shape index (κ1) is 19.8. The summed E-state index contributed by atoms with van der Waals surface area (Å²) in [5.74, 6) is 0.343. The summed E-state index contributed by atoms with van der Waals surface area (Å²) in [6, 6.07) is 9.72. The molecule has 0 aliphatic carbocycles. The summed E-state index contributed by atoms with van der Waals surface area (Å²) in [6.07, 6.45) is 0. The third kappa shape index (κ3) is 6.07. The third-order valence-corrected chi connectivity index (χ3v) is 6.62. The second kappa shape index (κ2) is 8.26. The van der Waals surface area contributed by atoms with Gasteiger partial charge < -0.3 is 5.32 Å². The zero-order chi connectivity index (χ0) is 18.5. The van der Waals surface area contributed by atoms with Crippen molar-refractivity contribution in [2.75, 3.05) is 17.6 Å². The van der Waals surface area contributed by atoms with Crippen molar-refractivity contribution in [2.45, 2.75) is 30.0 Å². The number of sulfonamides is 1. The van der Waals surface area contributed by atoms with Crippen molar-refractivity contribution in [3.05, 3.63) is 30.3 Å². The Balaban J connectivity index is 1.88. The number of hydrogen-bond acceptors (Lipinski definition) is 7. The Morgan fingerprint density at radius 3 is 2.52 bits per heavy atom. The van der Waals surface area contributed by atoms with Crippen molar-refractivity contribution in [3.8, 4) is 0 Å². The van der Waals surface area contributed by atoms with E-state index < -0.39 is 15.4 Å². The Morgan fingerprint density at radius 2 is 1.88 bits per heavy atom. The third-order valence-electron chi connectivity index (χ3n) is 2.94. The van der Waals surface area contributed by atoms with Crippen LogP contribution in [0.1, 0.15) is 20.8 Å². The minimum Gasteiger partial charge on any atom is -0.300 e. The van der Waals surface area contributed by atoms with Crippen LogP contribution in [0.3, 0.4) is 0 Å². The molecule has 0 unspecified atom stereocenters. The van der Waals surface area contributed by atoms with Crippen molar-refractivity contribution < 1.29 is 13.2 Å². The first-order valence-electron chi connectivity index (χ1n) is 7.51. The van der Waals surface area contributed by atoms with Crippen LogP contribution < -0.4 is 10.0 Å². The highest BCUT2D eigenvalue weighted by Crippen LogP contribution is 2.23. The van der Waals surface area contributed by atoms with Crippen LogP contribution >= 0.6 is 23.1 Å². The monoisotopic (exact) mass is 400 g/mol. The second-order valence-electron chi connectivity index (χ2n) is 6.14. The fourth-order valence-electron chi connectivity index (χ4n) is 1.58. The van der Waals surface area contributed by atoms with Gasteiger partial charge in [-0.1, -0.05) is 50.3 Å². The number of amides is 1. The van der Waals surface area contributed by atoms with E-state index in [-0.39, 0.29) is 21.9 Å². The van der Waals surface area contributed by atoms with Crippen molar-refractivity contribution in [1.29, 1.82) is 0 Å². The number of carbonyl (C=O) groups is 1. The number of thioether (sulfide) groups is 1. The quantitative estimate of drug-likeness (QED) is 0.421. The molecule has 136 valence electrons. The van der Waals surface area contributed by atoms with E-state index >= 15 is 0 Å². The highest BCUT2D eigenvalue weighted by atomic mass is 32.2. The molecule has 7 nitrogen and oxygen atoms in total. The lowest BCUT2D eigenvalue weighted by Crippen LogP contribution is -2.27. The van der Waals surface area contributed by atoms with Gasteiger partial charge in [0.1, 0.15) is 0 Å². The zero-order valence-corrected chi connectivity index (χ0v) is 16.6. The number of anilines is 1. The lowest BCUT2D eigenvalue weighted by Gasteiger charge is -2.15. The number of rotatable bonds is 7. The van der Waals surface area contributed by atoms with Crippen molar-refractivity contribution in [1.82, 2.24) is 14.9 Å². The minimum atomic E-state index is -3.73. The molecule has 1 aromatic carbocycles. The summed E-state index contributed by atoms with van der Waals surface area (Å²) in [5.41, 5.74) is -0.600. The number of nitrogens with one attached hydrogen (secondary N) is 2. The van der Waals surface area contributed by atoms with Crippen LogP contribution in [0.15, 0.2) is 39.6 Å². The van der Waals surface area contributed by atoms with Gasteiger partial charge in [0, 0.05) is 22.6 Å². The number of benzene rings is 1. The van der Waals surface area contributed by atoms with Gasteiger partial charge in [-0.25, -0.2) is 13.1 Å². The maximum absolute atomic E-state index is 12.2. The SMILES string of the molecule is CC(C)(C)C(=O)Nc1nnc(S(=O)(=O)NCCSc2ccccc2)s1. The molecule has 0 fully saturated rings. The molecule has 0 spiro atoms. The Kier molecular flexibility index (Phi) is 6.55. The molecule has 1 amide bonds. The van der Waals surface area contributed by atoms with E-state index in [2.05, 4.69) is 20.2 Å². The molecule has 1 aromatic heterocycles. The second-order valence-corrected chi connectivity index (χ2v) is 10.2. The van der Waals surface area contributed by atoms with E-state index in [4.69, 9.17) is 0 Å². The van der Waals surface area contributed by atoms with Crippen LogP contribution in [0.25, 0.3) is 0 Å². The van der Waals surface area contributed by atoms with E-state index in [0.717, 1.165) is 16.2 Å². The average Bonchev–Trinajstić information content (AvgIpc) is 3.01. The molecule has 0 saturated carbocycles. The van der Waals surface area contributed by atoms with Crippen molar-refractivity contribution >= 4 is 44.2 Å². The molecule has 2 N–H and O–H groups in total. The number of nitrogens with zero attached hydrogens (tertiary/aromatic N) is 2. The standard InChI is InChI=1S/C15H20N4O3S3/c1-15(2,3)12(20)17-13-18-19-14(24-13)25(21,22)16-9-10-23-11-7-5-4-6-8-11/h4-8,16H,9-10H2,1-3H3,(H,17,18,20). The highest BCUT2D eigenvalue weighted by molar-refractivity contribution is 7.99. The molecule has 0 aliphatic heterocycles. The van der Waals surface area contributed by atoms with Crippen LogP contribution in [0.2, 0.25) is 0 Å². The maximum atomic E-state index is 12.2. The smallest absolute Gasteiger partial charge is 0.269 e. The van der Waals surface area contributed by atoms with E-state index in [1.807, 2.05) is 30.3 Å². The Bertz CT molecular complexity index is 814. The van der Waals surface area contributed by atoms with Gasteiger partial charge in [0.25, 0.3) is 10.0 Å². The molecule has 2 aromatic rings. The van der Waals surface area contributed by atoms with Gasteiger partial charge in [0.05, 0.1) is 0 Å². The molecule has 0 aliphatic rings. The van der Waals surface area contributed by atoms with Gasteiger partial charge >= 0.3 is 0 Å². The average molecular weight is 401 g/mol. The Labute approximate surface area is 155 Å². The predicted molar refractivity (Wildman–Crippen MR) is 100 cm³/mol. The molecule has 0 saturated heterocycles. The van der Waals surface area contributed by atoms with Gasteiger partial charge in [0.15, 0.2) is 0 Å². The maximum Gasteiger partial charge on any atom is 0.269 e. The summed E-state index contributed by atoms with van der Waals surface area (Å²) >= 11 is 2.38. The number of carbonyl (C=O) groups excluding carboxylic acids is 1. The minimum absolute atomic E-state index is 0.165. The first-order chi connectivity index (χ1) is 11.7. The normalized spacial score (nSPS) is 12.1. The van der Waals surface area contributed by atoms with Gasteiger partial charge in [-0.2, -0.15) is 0 Å². The molecule has 25 heavy (non-hydrogen) atoms. The van der Waals surface area contributed by atoms with Crippen molar-refractivity contribution in [3.63, 3.8) is 0 Å². The van der Waals surface area contributed by atoms with Crippen LogP contribution in [0.5, 0.6) is 0 Å². The fraction of sp³-hybridized carbons (Fsp3) is 0.400. The van der Waals surface area contributed by atoms with Gasteiger partial charge in [-0.3, -0.25) is 4.79 Å². The molecular formula is C15H20N4O3S3. The highest BCUT2D eigenvalue weighted by Gasteiger charge is 2.24. The van der Waals surface area contributed by atoms with Crippen molar-refractivity contribution in [2.24, 2.45) is 5.41 Å². The van der Waals surface area contributed by atoms with Gasteiger partial charge in [-0.15, -0.1) is 22.0 Å². The van der Waals surface area contributed by atoms with Gasteiger partial charge in [-0.05, 0) is 12.1 Å². The molecule has 0 atom stereocenters. The first-order valence-corrected chi connectivity index (χ1v) is 10.8. The van der Waals surface area contributed by atoms with E-state index in [0.29, 0.717) is 5.75 Å². The molecule has 0 bridgehead atoms. The zero-order valence-electron chi connectivity index (χ0n) is 14.1. The van der Waals surface area contributed by atoms with Gasteiger partial charge in [0.2, 0.25) is 15.4 Å². The molecule has 10 heteroatoms. The molecule has 0 radical (unpaired) electrons. The summed E-state index contributed by atoms with van der Waals surface area (Å²) in [6.45, 7) is 5.54. The molecular weight excluding hydrogens is 380 g/mol. The largest absolute Gasteiger partial charge is 0.300 e. The van der Waals surface area contributed by atoms with Crippen LogP contribution in [-0.4, -0.2) is 36.8 Å². The lowest BCUT2D eigenvalue weighted by molar-refractivity contribution is -0.123. The fourth-order valence-corrected chi connectivity index (χ4v) is 4.46. The summed E-state index contributed by atoms with van der Waals surface area (Å²) in [4.78, 5) is 13.0. The Morgan fingerprint density at radius 1 is 1.20 bits per heavy atom.